The minimum atomic E-state index is -0.193. The van der Waals surface area contributed by atoms with Gasteiger partial charge in [-0.15, -0.1) is 0 Å². The third kappa shape index (κ3) is 5.34. The Bertz CT molecular complexity index is 1000. The van der Waals surface area contributed by atoms with E-state index in [4.69, 9.17) is 9.47 Å². The molecule has 0 aliphatic carbocycles. The average molecular weight is 428 g/mol. The number of aromatic nitrogens is 2. The van der Waals surface area contributed by atoms with Crippen molar-refractivity contribution >= 4 is 23.4 Å². The summed E-state index contributed by atoms with van der Waals surface area (Å²) in [6.45, 7) is 2.49. The van der Waals surface area contributed by atoms with Crippen LogP contribution in [-0.4, -0.2) is 40.5 Å². The molecule has 0 aliphatic heterocycles. The van der Waals surface area contributed by atoms with E-state index in [9.17, 15) is 9.90 Å². The largest absolute Gasteiger partial charge is 0.497 e. The number of hydrogen-bond donors (Lipinski definition) is 2. The number of aliphatic hydroxyl groups is 1. The molecular weight excluding hydrogens is 402 g/mol. The SMILES string of the molecule is COc1ccc(OC)c(NC(=O)CSc2ncc(CO)n2Cc2ccc(C)cc2)c1. The van der Waals surface area contributed by atoms with E-state index in [1.165, 1.54) is 17.3 Å². The predicted octanol–water partition coefficient (Wildman–Crippen LogP) is 3.48. The molecule has 0 unspecified atom stereocenters. The van der Waals surface area contributed by atoms with Crippen LogP contribution in [0.15, 0.2) is 53.8 Å². The van der Waals surface area contributed by atoms with Crippen molar-refractivity contribution in [3.05, 3.63) is 65.5 Å². The summed E-state index contributed by atoms with van der Waals surface area (Å²) in [5.74, 6) is 1.15. The zero-order valence-corrected chi connectivity index (χ0v) is 18.0. The number of anilines is 1. The summed E-state index contributed by atoms with van der Waals surface area (Å²) < 4.78 is 12.4. The molecule has 0 radical (unpaired) electrons. The molecule has 3 rings (SSSR count). The fraction of sp³-hybridized carbons (Fsp3) is 0.273. The Hall–Kier alpha value is -2.97. The van der Waals surface area contributed by atoms with Gasteiger partial charge in [0.05, 0.1) is 44.2 Å². The van der Waals surface area contributed by atoms with Crippen LogP contribution in [-0.2, 0) is 17.9 Å². The summed E-state index contributed by atoms with van der Waals surface area (Å²) in [4.78, 5) is 16.9. The fourth-order valence-corrected chi connectivity index (χ4v) is 3.70. The normalized spacial score (nSPS) is 10.7. The predicted molar refractivity (Wildman–Crippen MR) is 117 cm³/mol. The molecule has 0 bridgehead atoms. The highest BCUT2D eigenvalue weighted by Gasteiger charge is 2.14. The van der Waals surface area contributed by atoms with Crippen molar-refractivity contribution < 1.29 is 19.4 Å². The van der Waals surface area contributed by atoms with Gasteiger partial charge in [-0.05, 0) is 24.6 Å². The number of amides is 1. The summed E-state index contributed by atoms with van der Waals surface area (Å²) in [5, 5.41) is 13.2. The number of carbonyl (C=O) groups excluding carboxylic acids is 1. The van der Waals surface area contributed by atoms with Crippen molar-refractivity contribution in [2.45, 2.75) is 25.2 Å². The van der Waals surface area contributed by atoms with Crippen LogP contribution in [0.25, 0.3) is 0 Å². The van der Waals surface area contributed by atoms with E-state index in [1.54, 1.807) is 38.6 Å². The number of thioether (sulfide) groups is 1. The number of rotatable bonds is 9. The van der Waals surface area contributed by atoms with Gasteiger partial charge in [-0.3, -0.25) is 4.79 Å². The molecule has 1 amide bonds. The van der Waals surface area contributed by atoms with Crippen molar-refractivity contribution in [3.63, 3.8) is 0 Å². The summed E-state index contributed by atoms with van der Waals surface area (Å²) in [5.41, 5.74) is 3.53. The minimum Gasteiger partial charge on any atom is -0.497 e. The van der Waals surface area contributed by atoms with E-state index >= 15 is 0 Å². The Morgan fingerprint density at radius 2 is 1.93 bits per heavy atom. The van der Waals surface area contributed by atoms with Crippen LogP contribution in [0.4, 0.5) is 5.69 Å². The molecule has 1 heterocycles. The smallest absolute Gasteiger partial charge is 0.234 e. The van der Waals surface area contributed by atoms with Crippen LogP contribution in [0.3, 0.4) is 0 Å². The summed E-state index contributed by atoms with van der Waals surface area (Å²) in [6, 6.07) is 13.4. The highest BCUT2D eigenvalue weighted by Crippen LogP contribution is 2.29. The zero-order chi connectivity index (χ0) is 21.5. The summed E-state index contributed by atoms with van der Waals surface area (Å²) in [6.07, 6.45) is 1.64. The van der Waals surface area contributed by atoms with Crippen molar-refractivity contribution in [2.75, 3.05) is 25.3 Å². The molecule has 8 heteroatoms. The van der Waals surface area contributed by atoms with Gasteiger partial charge < -0.3 is 24.5 Å². The molecule has 1 aromatic heterocycles. The molecule has 158 valence electrons. The lowest BCUT2D eigenvalue weighted by atomic mass is 10.1. The molecule has 0 spiro atoms. The molecular formula is C22H25N3O4S. The Labute approximate surface area is 180 Å². The minimum absolute atomic E-state index is 0.118. The van der Waals surface area contributed by atoms with Crippen molar-refractivity contribution in [1.82, 2.24) is 9.55 Å². The number of methoxy groups -OCH3 is 2. The number of hydrogen-bond acceptors (Lipinski definition) is 6. The number of nitrogens with zero attached hydrogens (tertiary/aromatic N) is 2. The number of aryl methyl sites for hydroxylation is 1. The number of aliphatic hydroxyl groups excluding tert-OH is 1. The van der Waals surface area contributed by atoms with Crippen LogP contribution in [0.1, 0.15) is 16.8 Å². The van der Waals surface area contributed by atoms with Gasteiger partial charge in [0.1, 0.15) is 11.5 Å². The zero-order valence-electron chi connectivity index (χ0n) is 17.2. The molecule has 0 aliphatic rings. The first-order valence-corrected chi connectivity index (χ1v) is 10.4. The lowest BCUT2D eigenvalue weighted by molar-refractivity contribution is -0.113. The van der Waals surface area contributed by atoms with Crippen molar-refractivity contribution in [2.24, 2.45) is 0 Å². The average Bonchev–Trinajstić information content (AvgIpc) is 3.15. The van der Waals surface area contributed by atoms with E-state index in [0.29, 0.717) is 34.6 Å². The monoisotopic (exact) mass is 427 g/mol. The van der Waals surface area contributed by atoms with Crippen LogP contribution >= 0.6 is 11.8 Å². The second-order valence-corrected chi connectivity index (χ2v) is 7.61. The first kappa shape index (κ1) is 21.7. The summed E-state index contributed by atoms with van der Waals surface area (Å²) >= 11 is 1.31. The van der Waals surface area contributed by atoms with Gasteiger partial charge in [-0.25, -0.2) is 4.98 Å². The molecule has 7 nitrogen and oxygen atoms in total. The number of nitrogens with one attached hydrogen (secondary N) is 1. The van der Waals surface area contributed by atoms with Gasteiger partial charge in [0.2, 0.25) is 5.91 Å². The maximum atomic E-state index is 12.5. The third-order valence-electron chi connectivity index (χ3n) is 4.54. The molecule has 3 aromatic rings. The number of benzene rings is 2. The quantitative estimate of drug-likeness (QED) is 0.509. The molecule has 0 atom stereocenters. The van der Waals surface area contributed by atoms with Gasteiger partial charge >= 0.3 is 0 Å². The van der Waals surface area contributed by atoms with E-state index in [-0.39, 0.29) is 18.3 Å². The van der Waals surface area contributed by atoms with E-state index in [1.807, 2.05) is 35.8 Å². The highest BCUT2D eigenvalue weighted by atomic mass is 32.2. The van der Waals surface area contributed by atoms with Crippen LogP contribution in [0, 0.1) is 6.92 Å². The van der Waals surface area contributed by atoms with Gasteiger partial charge in [0.15, 0.2) is 5.16 Å². The van der Waals surface area contributed by atoms with Crippen LogP contribution < -0.4 is 14.8 Å². The molecule has 0 fully saturated rings. The van der Waals surface area contributed by atoms with Gasteiger partial charge in [-0.1, -0.05) is 41.6 Å². The van der Waals surface area contributed by atoms with E-state index in [2.05, 4.69) is 10.3 Å². The Morgan fingerprint density at radius 1 is 1.17 bits per heavy atom. The first-order chi connectivity index (χ1) is 14.5. The standard InChI is InChI=1S/C22H25N3O4S/c1-15-4-6-16(7-5-15)12-25-17(13-26)11-23-22(25)30-14-21(27)24-19-10-18(28-2)8-9-20(19)29-3/h4-11,26H,12-14H2,1-3H3,(H,24,27). The second kappa shape index (κ2) is 10.2. The van der Waals surface area contributed by atoms with E-state index in [0.717, 1.165) is 5.56 Å². The third-order valence-corrected chi connectivity index (χ3v) is 5.53. The number of imidazole rings is 1. The van der Waals surface area contributed by atoms with Gasteiger partial charge in [0.25, 0.3) is 0 Å². The van der Waals surface area contributed by atoms with Crippen LogP contribution in [0.5, 0.6) is 11.5 Å². The van der Waals surface area contributed by atoms with Gasteiger partial charge in [0, 0.05) is 12.6 Å². The Morgan fingerprint density at radius 3 is 2.60 bits per heavy atom. The fourth-order valence-electron chi connectivity index (χ4n) is 2.91. The Kier molecular flexibility index (Phi) is 7.37. The van der Waals surface area contributed by atoms with Crippen molar-refractivity contribution in [1.29, 1.82) is 0 Å². The van der Waals surface area contributed by atoms with Crippen LogP contribution in [0.2, 0.25) is 0 Å². The molecule has 0 saturated heterocycles. The van der Waals surface area contributed by atoms with E-state index < -0.39 is 0 Å². The second-order valence-electron chi connectivity index (χ2n) is 6.67. The maximum absolute atomic E-state index is 12.5. The topological polar surface area (TPSA) is 85.6 Å². The first-order valence-electron chi connectivity index (χ1n) is 9.39. The molecule has 2 N–H and O–H groups in total. The Balaban J connectivity index is 1.69. The highest BCUT2D eigenvalue weighted by molar-refractivity contribution is 7.99. The van der Waals surface area contributed by atoms with Crippen molar-refractivity contribution in [3.8, 4) is 11.5 Å². The number of carbonyl (C=O) groups is 1. The lowest BCUT2D eigenvalue weighted by Gasteiger charge is -2.13. The molecule has 2 aromatic carbocycles. The number of ether oxygens (including phenoxy) is 2. The van der Waals surface area contributed by atoms with Gasteiger partial charge in [-0.2, -0.15) is 0 Å². The summed E-state index contributed by atoms with van der Waals surface area (Å²) in [7, 11) is 3.11. The maximum Gasteiger partial charge on any atom is 0.234 e. The molecule has 0 saturated carbocycles. The molecule has 30 heavy (non-hydrogen) atoms. The lowest BCUT2D eigenvalue weighted by Crippen LogP contribution is -2.15.